The lowest BCUT2D eigenvalue weighted by Gasteiger charge is -2.08. The number of pyridine rings is 1. The molecule has 0 bridgehead atoms. The second-order valence-corrected chi connectivity index (χ2v) is 4.47. The summed E-state index contributed by atoms with van der Waals surface area (Å²) in [6.45, 7) is 0. The number of hydrogen-bond acceptors (Lipinski definition) is 3. The topological polar surface area (TPSA) is 83.7 Å². The summed E-state index contributed by atoms with van der Waals surface area (Å²) in [6, 6.07) is 2.98. The number of halogens is 4. The summed E-state index contributed by atoms with van der Waals surface area (Å²) in [5.41, 5.74) is -0.614. The van der Waals surface area contributed by atoms with Crippen LogP contribution in [-0.2, 0) is 4.79 Å². The first-order valence-corrected chi connectivity index (χ1v) is 5.79. The molecule has 0 saturated carbocycles. The molecule has 10 heteroatoms. The average Bonchev–Trinajstić information content (AvgIpc) is 2.69. The van der Waals surface area contributed by atoms with E-state index in [1.165, 1.54) is 23.6 Å². The second kappa shape index (κ2) is 4.78. The Labute approximate surface area is 117 Å². The lowest BCUT2D eigenvalue weighted by Crippen LogP contribution is -2.31. The monoisotopic (exact) mass is 351 g/mol. The SMILES string of the molecule is O=C(O)c1nc2c(Br)cccn2c1NC(=O)C(F)(F)F. The van der Waals surface area contributed by atoms with Crippen molar-refractivity contribution in [2.24, 2.45) is 0 Å². The molecule has 0 aliphatic heterocycles. The van der Waals surface area contributed by atoms with Gasteiger partial charge >= 0.3 is 18.1 Å². The van der Waals surface area contributed by atoms with Crippen LogP contribution in [-0.4, -0.2) is 32.5 Å². The van der Waals surface area contributed by atoms with E-state index in [1.54, 1.807) is 0 Å². The van der Waals surface area contributed by atoms with Crippen LogP contribution in [0.15, 0.2) is 22.8 Å². The Balaban J connectivity index is 2.61. The van der Waals surface area contributed by atoms with Crippen molar-refractivity contribution in [1.29, 1.82) is 0 Å². The van der Waals surface area contributed by atoms with E-state index in [1.807, 2.05) is 0 Å². The van der Waals surface area contributed by atoms with E-state index in [2.05, 4.69) is 20.9 Å². The van der Waals surface area contributed by atoms with Crippen LogP contribution in [0.2, 0.25) is 0 Å². The molecule has 0 aliphatic rings. The van der Waals surface area contributed by atoms with Crippen molar-refractivity contribution in [3.05, 3.63) is 28.5 Å². The Morgan fingerprint density at radius 3 is 2.60 bits per heavy atom. The molecule has 0 saturated heterocycles. The minimum Gasteiger partial charge on any atom is -0.476 e. The molecule has 0 radical (unpaired) electrons. The highest BCUT2D eigenvalue weighted by atomic mass is 79.9. The lowest BCUT2D eigenvalue weighted by atomic mass is 10.4. The molecule has 2 aromatic rings. The van der Waals surface area contributed by atoms with E-state index < -0.39 is 29.6 Å². The van der Waals surface area contributed by atoms with Gasteiger partial charge in [0.15, 0.2) is 17.2 Å². The molecule has 2 heterocycles. The molecular weight excluding hydrogens is 347 g/mol. The van der Waals surface area contributed by atoms with Crippen molar-refractivity contribution < 1.29 is 27.9 Å². The van der Waals surface area contributed by atoms with E-state index in [0.717, 1.165) is 4.40 Å². The Bertz CT molecular complexity index is 711. The van der Waals surface area contributed by atoms with Crippen molar-refractivity contribution in [2.45, 2.75) is 6.18 Å². The number of nitrogens with one attached hydrogen (secondary N) is 1. The third-order valence-corrected chi connectivity index (χ3v) is 2.91. The van der Waals surface area contributed by atoms with Gasteiger partial charge in [-0.05, 0) is 28.1 Å². The van der Waals surface area contributed by atoms with Crippen molar-refractivity contribution in [3.8, 4) is 0 Å². The predicted molar refractivity (Wildman–Crippen MR) is 64.5 cm³/mol. The van der Waals surface area contributed by atoms with Gasteiger partial charge in [0.1, 0.15) is 0 Å². The molecule has 0 unspecified atom stereocenters. The van der Waals surface area contributed by atoms with Crippen molar-refractivity contribution in [3.63, 3.8) is 0 Å². The van der Waals surface area contributed by atoms with Gasteiger partial charge in [-0.25, -0.2) is 9.78 Å². The molecule has 0 spiro atoms. The number of amides is 1. The van der Waals surface area contributed by atoms with Gasteiger partial charge in [0.2, 0.25) is 0 Å². The maximum absolute atomic E-state index is 12.3. The van der Waals surface area contributed by atoms with Crippen LogP contribution in [0.25, 0.3) is 5.65 Å². The number of carboxylic acid groups (broad SMARTS) is 1. The van der Waals surface area contributed by atoms with E-state index in [-0.39, 0.29) is 5.65 Å². The minimum atomic E-state index is -5.13. The first-order chi connectivity index (χ1) is 9.21. The Hall–Kier alpha value is -2.10. The van der Waals surface area contributed by atoms with Gasteiger partial charge < -0.3 is 10.4 Å². The number of carbonyl (C=O) groups excluding carboxylic acids is 1. The Morgan fingerprint density at radius 2 is 2.05 bits per heavy atom. The maximum atomic E-state index is 12.3. The summed E-state index contributed by atoms with van der Waals surface area (Å²) >= 11 is 3.09. The van der Waals surface area contributed by atoms with Crippen molar-refractivity contribution in [2.75, 3.05) is 5.32 Å². The number of hydrogen-bond donors (Lipinski definition) is 2. The van der Waals surface area contributed by atoms with Crippen LogP contribution in [0.5, 0.6) is 0 Å². The molecule has 2 rings (SSSR count). The number of fused-ring (bicyclic) bond motifs is 1. The third-order valence-electron chi connectivity index (χ3n) is 2.29. The molecule has 0 aliphatic carbocycles. The second-order valence-electron chi connectivity index (χ2n) is 3.62. The van der Waals surface area contributed by atoms with Gasteiger partial charge in [-0.3, -0.25) is 9.20 Å². The average molecular weight is 352 g/mol. The predicted octanol–water partition coefficient (Wildman–Crippen LogP) is 2.30. The summed E-state index contributed by atoms with van der Waals surface area (Å²) in [5.74, 6) is -4.39. The maximum Gasteiger partial charge on any atom is 0.471 e. The lowest BCUT2D eigenvalue weighted by molar-refractivity contribution is -0.167. The van der Waals surface area contributed by atoms with Gasteiger partial charge in [-0.1, -0.05) is 0 Å². The number of rotatable bonds is 2. The van der Waals surface area contributed by atoms with E-state index in [9.17, 15) is 22.8 Å². The summed E-state index contributed by atoms with van der Waals surface area (Å²) < 4.78 is 38.2. The van der Waals surface area contributed by atoms with Gasteiger partial charge in [0.05, 0.1) is 4.47 Å². The summed E-state index contributed by atoms with van der Waals surface area (Å²) in [5, 5.41) is 10.5. The Kier molecular flexibility index (Phi) is 3.42. The molecule has 0 atom stereocenters. The zero-order valence-corrected chi connectivity index (χ0v) is 11.0. The van der Waals surface area contributed by atoms with Crippen LogP contribution < -0.4 is 5.32 Å². The van der Waals surface area contributed by atoms with Crippen LogP contribution in [0, 0.1) is 0 Å². The number of anilines is 1. The number of aromatic carboxylic acids is 1. The summed E-state index contributed by atoms with van der Waals surface area (Å²) in [7, 11) is 0. The minimum absolute atomic E-state index is 0.0716. The zero-order valence-electron chi connectivity index (χ0n) is 9.40. The fraction of sp³-hybridized carbons (Fsp3) is 0.100. The fourth-order valence-corrected chi connectivity index (χ4v) is 1.91. The number of imidazole rings is 1. The molecule has 2 aromatic heterocycles. The van der Waals surface area contributed by atoms with Gasteiger partial charge in [0, 0.05) is 6.20 Å². The molecule has 6 nitrogen and oxygen atoms in total. The fourth-order valence-electron chi connectivity index (χ4n) is 1.48. The smallest absolute Gasteiger partial charge is 0.471 e. The highest BCUT2D eigenvalue weighted by molar-refractivity contribution is 9.10. The van der Waals surface area contributed by atoms with Crippen molar-refractivity contribution in [1.82, 2.24) is 9.38 Å². The molecule has 1 amide bonds. The van der Waals surface area contributed by atoms with E-state index >= 15 is 0 Å². The van der Waals surface area contributed by atoms with Crippen LogP contribution in [0.1, 0.15) is 10.5 Å². The van der Waals surface area contributed by atoms with E-state index in [0.29, 0.717) is 4.47 Å². The highest BCUT2D eigenvalue weighted by Crippen LogP contribution is 2.26. The quantitative estimate of drug-likeness (QED) is 0.869. The van der Waals surface area contributed by atoms with Crippen LogP contribution >= 0.6 is 15.9 Å². The third kappa shape index (κ3) is 2.46. The largest absolute Gasteiger partial charge is 0.476 e. The zero-order chi connectivity index (χ0) is 15.1. The van der Waals surface area contributed by atoms with Gasteiger partial charge in [-0.2, -0.15) is 13.2 Å². The molecule has 0 fully saturated rings. The number of aromatic nitrogens is 2. The number of alkyl halides is 3. The molecular formula is C10H5BrF3N3O3. The Morgan fingerprint density at radius 1 is 1.40 bits per heavy atom. The van der Waals surface area contributed by atoms with E-state index in [4.69, 9.17) is 5.11 Å². The molecule has 2 N–H and O–H groups in total. The van der Waals surface area contributed by atoms with Gasteiger partial charge in [-0.15, -0.1) is 0 Å². The number of carbonyl (C=O) groups is 2. The number of nitrogens with zero attached hydrogens (tertiary/aromatic N) is 2. The molecule has 0 aromatic carbocycles. The molecule has 106 valence electrons. The van der Waals surface area contributed by atoms with Gasteiger partial charge in [0.25, 0.3) is 0 Å². The normalized spacial score (nSPS) is 11.6. The summed E-state index contributed by atoms with van der Waals surface area (Å²) in [6.07, 6.45) is -3.85. The van der Waals surface area contributed by atoms with Crippen molar-refractivity contribution >= 4 is 39.3 Å². The first kappa shape index (κ1) is 14.3. The standard InChI is InChI=1S/C10H5BrF3N3O3/c11-4-2-1-3-17-6(4)15-5(8(18)19)7(17)16-9(20)10(12,13)14/h1-3H,(H,16,20)(H,18,19). The number of carboxylic acids is 1. The highest BCUT2D eigenvalue weighted by Gasteiger charge is 2.40. The van der Waals surface area contributed by atoms with Crippen LogP contribution in [0.4, 0.5) is 19.0 Å². The molecule has 20 heavy (non-hydrogen) atoms. The van der Waals surface area contributed by atoms with Crippen LogP contribution in [0.3, 0.4) is 0 Å². The first-order valence-electron chi connectivity index (χ1n) is 5.00. The summed E-state index contributed by atoms with van der Waals surface area (Å²) in [4.78, 5) is 25.6.